The Balaban J connectivity index is 3.48. The summed E-state index contributed by atoms with van der Waals surface area (Å²) >= 11 is 0. The minimum absolute atomic E-state index is 0.0511. The molecule has 0 rings (SSSR count). The van der Waals surface area contributed by atoms with Crippen LogP contribution in [0.2, 0.25) is 0 Å². The highest BCUT2D eigenvalue weighted by Gasteiger charge is 2.18. The van der Waals surface area contributed by atoms with Crippen molar-refractivity contribution in [2.24, 2.45) is 0 Å². The van der Waals surface area contributed by atoms with Crippen molar-refractivity contribution in [3.8, 4) is 0 Å². The fourth-order valence-electron chi connectivity index (χ4n) is 7.85. The molecular formula is C57H103NO5. The number of nitrogens with one attached hydrogen (secondary N) is 1. The molecular weight excluding hydrogens is 779 g/mol. The summed E-state index contributed by atoms with van der Waals surface area (Å²) in [5, 5.41) is 22.9. The number of carbonyl (C=O) groups excluding carboxylic acids is 2. The van der Waals surface area contributed by atoms with Crippen molar-refractivity contribution in [1.29, 1.82) is 0 Å². The van der Waals surface area contributed by atoms with E-state index in [-0.39, 0.29) is 18.5 Å². The average Bonchev–Trinajstić information content (AvgIpc) is 3.28. The van der Waals surface area contributed by atoms with Crippen molar-refractivity contribution in [2.45, 2.75) is 276 Å². The van der Waals surface area contributed by atoms with Gasteiger partial charge in [-0.05, 0) is 83.5 Å². The molecule has 0 aliphatic carbocycles. The summed E-state index contributed by atoms with van der Waals surface area (Å²) in [4.78, 5) is 24.4. The third-order valence-electron chi connectivity index (χ3n) is 12.0. The maximum Gasteiger partial charge on any atom is 0.305 e. The summed E-state index contributed by atoms with van der Waals surface area (Å²) in [6.45, 7) is 4.73. The third-order valence-corrected chi connectivity index (χ3v) is 12.0. The molecule has 0 aromatic heterocycles. The fourth-order valence-corrected chi connectivity index (χ4v) is 7.85. The second kappa shape index (κ2) is 52.2. The second-order valence-electron chi connectivity index (χ2n) is 18.2. The summed E-state index contributed by atoms with van der Waals surface area (Å²) in [6, 6.07) is -0.631. The van der Waals surface area contributed by atoms with Gasteiger partial charge < -0.3 is 20.3 Å². The van der Waals surface area contributed by atoms with Crippen molar-refractivity contribution in [2.75, 3.05) is 13.2 Å². The van der Waals surface area contributed by atoms with Gasteiger partial charge >= 0.3 is 5.97 Å². The number of hydrogen-bond donors (Lipinski definition) is 3. The second-order valence-corrected chi connectivity index (χ2v) is 18.2. The number of carbonyl (C=O) groups is 2. The minimum atomic E-state index is -0.847. The van der Waals surface area contributed by atoms with Crippen LogP contribution in [0.4, 0.5) is 0 Å². The molecule has 0 aliphatic rings. The summed E-state index contributed by atoms with van der Waals surface area (Å²) in [6.07, 6.45) is 66.8. The zero-order chi connectivity index (χ0) is 45.8. The molecule has 0 saturated carbocycles. The van der Waals surface area contributed by atoms with Crippen LogP contribution in [0.1, 0.15) is 264 Å². The van der Waals surface area contributed by atoms with Crippen LogP contribution in [0.5, 0.6) is 0 Å². The van der Waals surface area contributed by atoms with Gasteiger partial charge in [0.05, 0.1) is 25.4 Å². The van der Waals surface area contributed by atoms with Crippen LogP contribution < -0.4 is 5.32 Å². The van der Waals surface area contributed by atoms with Gasteiger partial charge in [-0.1, -0.05) is 229 Å². The van der Waals surface area contributed by atoms with E-state index < -0.39 is 12.1 Å². The van der Waals surface area contributed by atoms with Gasteiger partial charge in [-0.2, -0.15) is 0 Å². The average molecular weight is 882 g/mol. The molecule has 0 fully saturated rings. The number of rotatable bonds is 49. The lowest BCUT2D eigenvalue weighted by Crippen LogP contribution is -2.45. The zero-order valence-corrected chi connectivity index (χ0v) is 41.5. The van der Waals surface area contributed by atoms with Crippen molar-refractivity contribution in [1.82, 2.24) is 5.32 Å². The minimum Gasteiger partial charge on any atom is -0.465 e. The molecule has 0 saturated heterocycles. The standard InChI is InChI=1S/C57H103NO5/c1-3-5-7-9-11-13-15-16-24-28-31-35-39-43-47-51-57(62)63-52-48-44-40-36-32-29-26-23-21-19-17-18-20-22-25-27-30-34-38-42-46-50-56(61)58-54(53-59)55(60)49-45-41-37-33-14-12-10-8-6-4-2/h11,13,16,24,29,32,40,44-45,49,54-55,59-60H,3-10,12,14-15,17-23,25-28,30-31,33-39,41-43,46-48,50-53H2,1-2H3,(H,58,61)/b13-11-,24-16-,32-29-,44-40-,49-45+. The summed E-state index contributed by atoms with van der Waals surface area (Å²) in [7, 11) is 0. The lowest BCUT2D eigenvalue weighted by molar-refractivity contribution is -0.143. The van der Waals surface area contributed by atoms with Crippen LogP contribution in [0.3, 0.4) is 0 Å². The Morgan fingerprint density at radius 3 is 1.24 bits per heavy atom. The summed E-state index contributed by atoms with van der Waals surface area (Å²) in [5.74, 6) is -0.128. The van der Waals surface area contributed by atoms with E-state index in [0.717, 1.165) is 64.2 Å². The van der Waals surface area contributed by atoms with Crippen molar-refractivity contribution in [3.63, 3.8) is 0 Å². The first-order chi connectivity index (χ1) is 31.0. The van der Waals surface area contributed by atoms with E-state index in [1.54, 1.807) is 6.08 Å². The van der Waals surface area contributed by atoms with E-state index >= 15 is 0 Å². The Morgan fingerprint density at radius 1 is 0.444 bits per heavy atom. The molecule has 0 aliphatic heterocycles. The number of amides is 1. The normalized spacial score (nSPS) is 13.1. The molecule has 2 atom stereocenters. The highest BCUT2D eigenvalue weighted by Crippen LogP contribution is 2.15. The number of hydrogen-bond acceptors (Lipinski definition) is 5. The molecule has 0 radical (unpaired) electrons. The van der Waals surface area contributed by atoms with Crippen LogP contribution in [0, 0.1) is 0 Å². The number of ether oxygens (including phenoxy) is 1. The van der Waals surface area contributed by atoms with Gasteiger partial charge in [0.25, 0.3) is 0 Å². The van der Waals surface area contributed by atoms with Crippen molar-refractivity contribution >= 4 is 11.9 Å². The first kappa shape index (κ1) is 60.6. The molecule has 3 N–H and O–H groups in total. The van der Waals surface area contributed by atoms with Gasteiger partial charge in [-0.3, -0.25) is 9.59 Å². The zero-order valence-electron chi connectivity index (χ0n) is 41.5. The Labute approximate surface area is 390 Å². The van der Waals surface area contributed by atoms with E-state index in [1.165, 1.54) is 173 Å². The molecule has 0 aromatic carbocycles. The van der Waals surface area contributed by atoms with E-state index in [0.29, 0.717) is 19.4 Å². The molecule has 6 nitrogen and oxygen atoms in total. The van der Waals surface area contributed by atoms with Crippen LogP contribution in [0.25, 0.3) is 0 Å². The van der Waals surface area contributed by atoms with E-state index in [2.05, 4.69) is 67.8 Å². The Kier molecular flexibility index (Phi) is 50.2. The Morgan fingerprint density at radius 2 is 0.794 bits per heavy atom. The number of aliphatic hydroxyl groups is 2. The largest absolute Gasteiger partial charge is 0.465 e. The highest BCUT2D eigenvalue weighted by molar-refractivity contribution is 5.76. The smallest absolute Gasteiger partial charge is 0.305 e. The van der Waals surface area contributed by atoms with Crippen LogP contribution >= 0.6 is 0 Å². The van der Waals surface area contributed by atoms with Crippen molar-refractivity contribution in [3.05, 3.63) is 60.8 Å². The highest BCUT2D eigenvalue weighted by atomic mass is 16.5. The lowest BCUT2D eigenvalue weighted by atomic mass is 10.0. The molecule has 0 heterocycles. The number of unbranched alkanes of at least 4 members (excludes halogenated alkanes) is 30. The van der Waals surface area contributed by atoms with Crippen LogP contribution in [0.15, 0.2) is 60.8 Å². The fraction of sp³-hybridized carbons (Fsp3) is 0.789. The maximum atomic E-state index is 12.4. The molecule has 2 unspecified atom stereocenters. The predicted octanol–water partition coefficient (Wildman–Crippen LogP) is 16.4. The van der Waals surface area contributed by atoms with Gasteiger partial charge in [0, 0.05) is 12.8 Å². The Hall–Kier alpha value is -2.44. The monoisotopic (exact) mass is 882 g/mol. The van der Waals surface area contributed by atoms with Crippen LogP contribution in [-0.2, 0) is 14.3 Å². The first-order valence-electron chi connectivity index (χ1n) is 27.1. The lowest BCUT2D eigenvalue weighted by Gasteiger charge is -2.20. The molecule has 0 spiro atoms. The SMILES string of the molecule is CCCCC/C=C\C/C=C\CCCCCCCC(=O)OCC/C=C\C/C=C\CCCCCCCCCCCCCCCCC(=O)NC(CO)C(O)/C=C/CCCCCCCCCC. The van der Waals surface area contributed by atoms with E-state index in [4.69, 9.17) is 4.74 Å². The summed E-state index contributed by atoms with van der Waals surface area (Å²) in [5.41, 5.74) is 0. The number of aliphatic hydroxyl groups excluding tert-OH is 2. The molecule has 0 bridgehead atoms. The summed E-state index contributed by atoms with van der Waals surface area (Å²) < 4.78 is 5.40. The molecule has 0 aromatic rings. The van der Waals surface area contributed by atoms with Gasteiger partial charge in [-0.25, -0.2) is 0 Å². The third kappa shape index (κ3) is 48.8. The molecule has 6 heteroatoms. The molecule has 63 heavy (non-hydrogen) atoms. The van der Waals surface area contributed by atoms with E-state index in [9.17, 15) is 19.8 Å². The van der Waals surface area contributed by atoms with Crippen LogP contribution in [-0.4, -0.2) is 47.4 Å². The van der Waals surface area contributed by atoms with Gasteiger partial charge in [0.1, 0.15) is 0 Å². The van der Waals surface area contributed by atoms with E-state index in [1.807, 2.05) is 6.08 Å². The first-order valence-corrected chi connectivity index (χ1v) is 27.1. The van der Waals surface area contributed by atoms with Gasteiger partial charge in [0.2, 0.25) is 5.91 Å². The van der Waals surface area contributed by atoms with Crippen molar-refractivity contribution < 1.29 is 24.5 Å². The van der Waals surface area contributed by atoms with Gasteiger partial charge in [0.15, 0.2) is 0 Å². The van der Waals surface area contributed by atoms with Gasteiger partial charge in [-0.15, -0.1) is 0 Å². The number of allylic oxidation sites excluding steroid dienone is 8. The predicted molar refractivity (Wildman–Crippen MR) is 273 cm³/mol. The topological polar surface area (TPSA) is 95.9 Å². The quantitative estimate of drug-likeness (QED) is 0.0321. The Bertz CT molecular complexity index is 1110. The maximum absolute atomic E-state index is 12.4. The molecule has 1 amide bonds. The molecule has 366 valence electrons. The number of esters is 1.